The van der Waals surface area contributed by atoms with E-state index in [1.54, 1.807) is 28.9 Å². The number of nitrogens with zero attached hydrogens (tertiary/aromatic N) is 3. The van der Waals surface area contributed by atoms with Crippen LogP contribution in [0.15, 0.2) is 58.6 Å². The minimum Gasteiger partial charge on any atom is -0.301 e. The molecule has 136 valence electrons. The first-order chi connectivity index (χ1) is 13.0. The highest BCUT2D eigenvalue weighted by Crippen LogP contribution is 2.26. The van der Waals surface area contributed by atoms with E-state index in [1.807, 2.05) is 18.2 Å². The lowest BCUT2D eigenvalue weighted by Crippen LogP contribution is -2.09. The summed E-state index contributed by atoms with van der Waals surface area (Å²) in [5.74, 6) is 0.584. The highest BCUT2D eigenvalue weighted by Gasteiger charge is 2.12. The quantitative estimate of drug-likeness (QED) is 0.345. The molecule has 0 radical (unpaired) electrons. The van der Waals surface area contributed by atoms with Crippen LogP contribution in [0.5, 0.6) is 0 Å². The highest BCUT2D eigenvalue weighted by atomic mass is 35.5. The van der Waals surface area contributed by atoms with E-state index in [1.165, 1.54) is 18.0 Å². The Labute approximate surface area is 173 Å². The molecule has 2 heterocycles. The fourth-order valence-corrected chi connectivity index (χ4v) is 3.76. The van der Waals surface area contributed by atoms with Crippen molar-refractivity contribution in [2.45, 2.75) is 10.9 Å². The third-order valence-corrected chi connectivity index (χ3v) is 5.78. The van der Waals surface area contributed by atoms with Crippen LogP contribution in [-0.2, 0) is 5.75 Å². The van der Waals surface area contributed by atoms with Crippen molar-refractivity contribution in [1.29, 1.82) is 0 Å². The maximum atomic E-state index is 12.4. The molecule has 0 unspecified atom stereocenters. The molecule has 0 bridgehead atoms. The number of thioether (sulfide) groups is 1. The van der Waals surface area contributed by atoms with E-state index in [2.05, 4.69) is 15.1 Å². The number of H-pyrrole nitrogens is 1. The summed E-state index contributed by atoms with van der Waals surface area (Å²) in [5, 5.41) is 6.82. The van der Waals surface area contributed by atoms with E-state index in [4.69, 9.17) is 34.8 Å². The molecule has 5 nitrogen and oxygen atoms in total. The predicted octanol–water partition coefficient (Wildman–Crippen LogP) is 5.36. The van der Waals surface area contributed by atoms with Gasteiger partial charge in [-0.1, -0.05) is 52.6 Å². The molecule has 2 aromatic heterocycles. The molecule has 0 atom stereocenters. The van der Waals surface area contributed by atoms with Crippen LogP contribution in [0, 0.1) is 0 Å². The molecule has 0 fully saturated rings. The van der Waals surface area contributed by atoms with Crippen molar-refractivity contribution in [3.8, 4) is 5.69 Å². The van der Waals surface area contributed by atoms with E-state index >= 15 is 0 Å². The maximum Gasteiger partial charge on any atom is 0.262 e. The lowest BCUT2D eigenvalue weighted by Gasteiger charge is -2.05. The topological polar surface area (TPSA) is 63.6 Å². The van der Waals surface area contributed by atoms with E-state index in [0.717, 1.165) is 11.3 Å². The summed E-state index contributed by atoms with van der Waals surface area (Å²) in [5.41, 5.74) is 1.99. The van der Waals surface area contributed by atoms with Gasteiger partial charge in [0.25, 0.3) is 5.56 Å². The van der Waals surface area contributed by atoms with Gasteiger partial charge in [0.2, 0.25) is 0 Å². The fourth-order valence-electron chi connectivity index (χ4n) is 2.52. The SMILES string of the molecule is O=c1[nH]c(SCc2ccc(Cl)c(Cl)c2)nc2c1cnn2-c1ccc(Cl)cc1. The monoisotopic (exact) mass is 436 g/mol. The van der Waals surface area contributed by atoms with Crippen LogP contribution in [0.1, 0.15) is 5.56 Å². The summed E-state index contributed by atoms with van der Waals surface area (Å²) in [4.78, 5) is 19.7. The minimum atomic E-state index is -0.239. The lowest BCUT2D eigenvalue weighted by molar-refractivity contribution is 0.873. The number of fused-ring (bicyclic) bond motifs is 1. The molecule has 0 aliphatic rings. The van der Waals surface area contributed by atoms with Crippen LogP contribution in [0.3, 0.4) is 0 Å². The van der Waals surface area contributed by atoms with Crippen LogP contribution in [-0.4, -0.2) is 19.7 Å². The second-order valence-electron chi connectivity index (χ2n) is 5.68. The van der Waals surface area contributed by atoms with E-state index in [-0.39, 0.29) is 5.56 Å². The summed E-state index contributed by atoms with van der Waals surface area (Å²) in [6.45, 7) is 0. The number of aromatic amines is 1. The summed E-state index contributed by atoms with van der Waals surface area (Å²) in [6.07, 6.45) is 1.50. The molecule has 2 aromatic carbocycles. The van der Waals surface area contributed by atoms with Crippen LogP contribution in [0.25, 0.3) is 16.7 Å². The molecule has 0 aliphatic carbocycles. The Balaban J connectivity index is 1.67. The third-order valence-electron chi connectivity index (χ3n) is 3.85. The predicted molar refractivity (Wildman–Crippen MR) is 111 cm³/mol. The molecule has 0 saturated carbocycles. The number of halogens is 3. The first kappa shape index (κ1) is 18.4. The van der Waals surface area contributed by atoms with Gasteiger partial charge in [-0.15, -0.1) is 0 Å². The van der Waals surface area contributed by atoms with Crippen molar-refractivity contribution in [3.05, 3.63) is 79.6 Å². The largest absolute Gasteiger partial charge is 0.301 e. The van der Waals surface area contributed by atoms with Crippen molar-refractivity contribution < 1.29 is 0 Å². The molecule has 1 N–H and O–H groups in total. The molecule has 0 aliphatic heterocycles. The maximum absolute atomic E-state index is 12.4. The first-order valence-corrected chi connectivity index (χ1v) is 9.94. The number of benzene rings is 2. The van der Waals surface area contributed by atoms with Gasteiger partial charge in [-0.3, -0.25) is 4.79 Å². The smallest absolute Gasteiger partial charge is 0.262 e. The molecule has 27 heavy (non-hydrogen) atoms. The molecule has 4 rings (SSSR count). The Kier molecular flexibility index (Phi) is 5.14. The van der Waals surface area contributed by atoms with E-state index < -0.39 is 0 Å². The molecular formula is C18H11Cl3N4OS. The molecule has 4 aromatic rings. The van der Waals surface area contributed by atoms with Gasteiger partial charge in [0.15, 0.2) is 10.8 Å². The average molecular weight is 438 g/mol. The summed E-state index contributed by atoms with van der Waals surface area (Å²) in [7, 11) is 0. The van der Waals surface area contributed by atoms with Crippen LogP contribution in [0.2, 0.25) is 15.1 Å². The van der Waals surface area contributed by atoms with Crippen LogP contribution >= 0.6 is 46.6 Å². The van der Waals surface area contributed by atoms with E-state index in [0.29, 0.717) is 37.0 Å². The highest BCUT2D eigenvalue weighted by molar-refractivity contribution is 7.98. The molecular weight excluding hydrogens is 427 g/mol. The number of hydrogen-bond acceptors (Lipinski definition) is 4. The third kappa shape index (κ3) is 3.84. The Hall–Kier alpha value is -1.99. The van der Waals surface area contributed by atoms with Crippen LogP contribution in [0.4, 0.5) is 0 Å². The van der Waals surface area contributed by atoms with Gasteiger partial charge in [0.1, 0.15) is 5.39 Å². The molecule has 9 heteroatoms. The van der Waals surface area contributed by atoms with Crippen LogP contribution < -0.4 is 5.56 Å². The Morgan fingerprint density at radius 1 is 1.04 bits per heavy atom. The van der Waals surface area contributed by atoms with Crippen molar-refractivity contribution in [1.82, 2.24) is 19.7 Å². The Morgan fingerprint density at radius 2 is 1.81 bits per heavy atom. The normalized spacial score (nSPS) is 11.2. The van der Waals surface area contributed by atoms with Gasteiger partial charge in [0.05, 0.1) is 21.9 Å². The Morgan fingerprint density at radius 3 is 2.56 bits per heavy atom. The van der Waals surface area contributed by atoms with Crippen molar-refractivity contribution in [2.24, 2.45) is 0 Å². The van der Waals surface area contributed by atoms with Gasteiger partial charge in [0, 0.05) is 10.8 Å². The summed E-state index contributed by atoms with van der Waals surface area (Å²) < 4.78 is 1.62. The molecule has 0 saturated heterocycles. The number of aromatic nitrogens is 4. The van der Waals surface area contributed by atoms with Crippen molar-refractivity contribution in [2.75, 3.05) is 0 Å². The zero-order valence-corrected chi connectivity index (χ0v) is 16.7. The number of rotatable bonds is 4. The Bertz CT molecular complexity index is 1190. The molecule has 0 amide bonds. The fraction of sp³-hybridized carbons (Fsp3) is 0.0556. The standard InChI is InChI=1S/C18H11Cl3N4OS/c19-11-2-4-12(5-3-11)25-16-13(8-22-25)17(26)24-18(23-16)27-9-10-1-6-14(20)15(21)7-10/h1-8H,9H2,(H,23,24,26). The zero-order valence-electron chi connectivity index (χ0n) is 13.6. The van der Waals surface area contributed by atoms with Crippen molar-refractivity contribution in [3.63, 3.8) is 0 Å². The molecule has 0 spiro atoms. The van der Waals surface area contributed by atoms with Gasteiger partial charge in [-0.25, -0.2) is 9.67 Å². The second kappa shape index (κ2) is 7.56. The number of nitrogens with one attached hydrogen (secondary N) is 1. The van der Waals surface area contributed by atoms with Gasteiger partial charge in [-0.05, 0) is 42.0 Å². The van der Waals surface area contributed by atoms with Gasteiger partial charge in [-0.2, -0.15) is 5.10 Å². The average Bonchev–Trinajstić information content (AvgIpc) is 3.08. The van der Waals surface area contributed by atoms with E-state index in [9.17, 15) is 4.79 Å². The summed E-state index contributed by atoms with van der Waals surface area (Å²) in [6, 6.07) is 12.6. The second-order valence-corrected chi connectivity index (χ2v) is 7.89. The van der Waals surface area contributed by atoms with Gasteiger partial charge < -0.3 is 4.98 Å². The minimum absolute atomic E-state index is 0.239. The summed E-state index contributed by atoms with van der Waals surface area (Å²) >= 11 is 19.3. The van der Waals surface area contributed by atoms with Crippen molar-refractivity contribution >= 4 is 57.6 Å². The first-order valence-electron chi connectivity index (χ1n) is 7.82. The number of hydrogen-bond donors (Lipinski definition) is 1. The lowest BCUT2D eigenvalue weighted by atomic mass is 10.2. The van der Waals surface area contributed by atoms with Gasteiger partial charge >= 0.3 is 0 Å². The zero-order chi connectivity index (χ0) is 19.0.